The van der Waals surface area contributed by atoms with Crippen LogP contribution < -0.4 is 5.32 Å². The molecule has 0 saturated carbocycles. The molecule has 3 heterocycles. The van der Waals surface area contributed by atoms with E-state index in [1.165, 1.54) is 5.56 Å². The van der Waals surface area contributed by atoms with Crippen LogP contribution >= 0.6 is 11.3 Å². The summed E-state index contributed by atoms with van der Waals surface area (Å²) in [6.07, 6.45) is 6.35. The highest BCUT2D eigenvalue weighted by Gasteiger charge is 2.02. The highest BCUT2D eigenvalue weighted by Crippen LogP contribution is 2.22. The molecule has 0 aromatic carbocycles. The summed E-state index contributed by atoms with van der Waals surface area (Å²) in [7, 11) is 0. The summed E-state index contributed by atoms with van der Waals surface area (Å²) in [5.41, 5.74) is 2.16. The van der Waals surface area contributed by atoms with Gasteiger partial charge in [0.05, 0.1) is 10.6 Å². The normalized spacial score (nSPS) is 10.4. The minimum atomic E-state index is 0.666. The van der Waals surface area contributed by atoms with Crippen molar-refractivity contribution in [3.63, 3.8) is 0 Å². The van der Waals surface area contributed by atoms with E-state index in [-0.39, 0.29) is 0 Å². The van der Waals surface area contributed by atoms with Crippen molar-refractivity contribution in [2.75, 3.05) is 11.9 Å². The highest BCUT2D eigenvalue weighted by molar-refractivity contribution is 7.13. The fourth-order valence-corrected chi connectivity index (χ4v) is 2.57. The average Bonchev–Trinajstić information content (AvgIpc) is 3.03. The Balaban J connectivity index is 1.62. The van der Waals surface area contributed by atoms with Gasteiger partial charge < -0.3 is 5.32 Å². The second kappa shape index (κ2) is 6.25. The zero-order valence-corrected chi connectivity index (χ0v) is 11.7. The molecule has 3 aromatic rings. The maximum absolute atomic E-state index is 4.52. The minimum Gasteiger partial charge on any atom is -0.354 e. The predicted molar refractivity (Wildman–Crippen MR) is 81.8 cm³/mol. The Labute approximate surface area is 121 Å². The first-order valence-electron chi connectivity index (χ1n) is 6.41. The molecule has 0 atom stereocenters. The Morgan fingerprint density at radius 3 is 2.90 bits per heavy atom. The molecule has 5 heteroatoms. The zero-order chi connectivity index (χ0) is 13.6. The molecule has 3 aromatic heterocycles. The number of nitrogens with one attached hydrogen (secondary N) is 1. The van der Waals surface area contributed by atoms with Gasteiger partial charge in [-0.15, -0.1) is 11.3 Å². The number of hydrogen-bond donors (Lipinski definition) is 1. The van der Waals surface area contributed by atoms with Crippen LogP contribution in [0.4, 0.5) is 5.95 Å². The zero-order valence-electron chi connectivity index (χ0n) is 10.9. The lowest BCUT2D eigenvalue weighted by Gasteiger charge is -2.05. The SMILES string of the molecule is c1cncc(CCNc2nccc(-c3cccs3)n2)c1. The number of rotatable bonds is 5. The Kier molecular flexibility index (Phi) is 3.99. The number of pyridine rings is 1. The first kappa shape index (κ1) is 12.7. The van der Waals surface area contributed by atoms with Crippen LogP contribution in [0.1, 0.15) is 5.56 Å². The van der Waals surface area contributed by atoms with E-state index in [0.717, 1.165) is 23.5 Å². The van der Waals surface area contributed by atoms with E-state index in [9.17, 15) is 0 Å². The van der Waals surface area contributed by atoms with E-state index in [4.69, 9.17) is 0 Å². The second-order valence-electron chi connectivity index (χ2n) is 4.28. The molecule has 0 fully saturated rings. The van der Waals surface area contributed by atoms with Crippen LogP contribution in [-0.4, -0.2) is 21.5 Å². The van der Waals surface area contributed by atoms with Gasteiger partial charge in [-0.3, -0.25) is 4.98 Å². The van der Waals surface area contributed by atoms with Gasteiger partial charge in [0, 0.05) is 25.1 Å². The Morgan fingerprint density at radius 1 is 1.10 bits per heavy atom. The van der Waals surface area contributed by atoms with E-state index >= 15 is 0 Å². The van der Waals surface area contributed by atoms with Crippen molar-refractivity contribution in [2.45, 2.75) is 6.42 Å². The molecular weight excluding hydrogens is 268 g/mol. The minimum absolute atomic E-state index is 0.666. The molecule has 0 aliphatic rings. The van der Waals surface area contributed by atoms with Gasteiger partial charge in [-0.05, 0) is 35.6 Å². The topological polar surface area (TPSA) is 50.7 Å². The first-order chi connectivity index (χ1) is 9.92. The third kappa shape index (κ3) is 3.19. The average molecular weight is 282 g/mol. The van der Waals surface area contributed by atoms with Crippen molar-refractivity contribution in [2.24, 2.45) is 0 Å². The lowest BCUT2D eigenvalue weighted by Crippen LogP contribution is -2.08. The number of nitrogens with zero attached hydrogens (tertiary/aromatic N) is 3. The summed E-state index contributed by atoms with van der Waals surface area (Å²) >= 11 is 1.68. The van der Waals surface area contributed by atoms with Gasteiger partial charge >= 0.3 is 0 Å². The Morgan fingerprint density at radius 2 is 2.10 bits per heavy atom. The van der Waals surface area contributed by atoms with Gasteiger partial charge in [-0.2, -0.15) is 0 Å². The maximum Gasteiger partial charge on any atom is 0.223 e. The van der Waals surface area contributed by atoms with Gasteiger partial charge in [-0.25, -0.2) is 9.97 Å². The van der Waals surface area contributed by atoms with Crippen molar-refractivity contribution in [1.29, 1.82) is 0 Å². The van der Waals surface area contributed by atoms with Crippen LogP contribution in [0.3, 0.4) is 0 Å². The lowest BCUT2D eigenvalue weighted by molar-refractivity contribution is 0.976. The van der Waals surface area contributed by atoms with Crippen LogP contribution in [0.2, 0.25) is 0 Å². The third-order valence-electron chi connectivity index (χ3n) is 2.85. The molecule has 20 heavy (non-hydrogen) atoms. The van der Waals surface area contributed by atoms with E-state index in [1.54, 1.807) is 23.7 Å². The smallest absolute Gasteiger partial charge is 0.223 e. The molecule has 0 saturated heterocycles. The van der Waals surface area contributed by atoms with Crippen molar-refractivity contribution < 1.29 is 0 Å². The third-order valence-corrected chi connectivity index (χ3v) is 3.74. The fourth-order valence-electron chi connectivity index (χ4n) is 1.87. The quantitative estimate of drug-likeness (QED) is 0.780. The van der Waals surface area contributed by atoms with Gasteiger partial charge in [0.25, 0.3) is 0 Å². The number of thiophene rings is 1. The number of hydrogen-bond acceptors (Lipinski definition) is 5. The van der Waals surface area contributed by atoms with Crippen LogP contribution in [-0.2, 0) is 6.42 Å². The fraction of sp³-hybridized carbons (Fsp3) is 0.133. The summed E-state index contributed by atoms with van der Waals surface area (Å²) in [5.74, 6) is 0.666. The molecule has 0 amide bonds. The molecule has 0 aliphatic carbocycles. The molecule has 0 bridgehead atoms. The summed E-state index contributed by atoms with van der Waals surface area (Å²) < 4.78 is 0. The summed E-state index contributed by atoms with van der Waals surface area (Å²) in [6, 6.07) is 10.0. The van der Waals surface area contributed by atoms with Gasteiger partial charge in [0.15, 0.2) is 0 Å². The molecule has 4 nitrogen and oxygen atoms in total. The summed E-state index contributed by atoms with van der Waals surface area (Å²) in [4.78, 5) is 14.0. The van der Waals surface area contributed by atoms with E-state index in [1.807, 2.05) is 29.8 Å². The standard InChI is InChI=1S/C15H14N4S/c1-3-12(11-16-7-1)5-8-17-15-18-9-6-13(19-15)14-4-2-10-20-14/h1-4,6-7,9-11H,5,8H2,(H,17,18,19). The molecule has 1 N–H and O–H groups in total. The van der Waals surface area contributed by atoms with Crippen molar-refractivity contribution in [3.05, 3.63) is 59.9 Å². The Hall–Kier alpha value is -2.27. The van der Waals surface area contributed by atoms with Crippen LogP contribution in [0.5, 0.6) is 0 Å². The van der Waals surface area contributed by atoms with E-state index in [2.05, 4.69) is 32.4 Å². The number of aromatic nitrogens is 3. The molecule has 0 unspecified atom stereocenters. The molecule has 0 aliphatic heterocycles. The molecule has 0 spiro atoms. The largest absolute Gasteiger partial charge is 0.354 e. The summed E-state index contributed by atoms with van der Waals surface area (Å²) in [6.45, 7) is 0.791. The number of anilines is 1. The molecule has 100 valence electrons. The molecule has 0 radical (unpaired) electrons. The maximum atomic E-state index is 4.52. The van der Waals surface area contributed by atoms with Crippen LogP contribution in [0, 0.1) is 0 Å². The van der Waals surface area contributed by atoms with E-state index < -0.39 is 0 Å². The van der Waals surface area contributed by atoms with Gasteiger partial charge in [0.1, 0.15) is 0 Å². The van der Waals surface area contributed by atoms with Crippen molar-refractivity contribution in [1.82, 2.24) is 15.0 Å². The van der Waals surface area contributed by atoms with Crippen LogP contribution in [0.15, 0.2) is 54.3 Å². The predicted octanol–water partition coefficient (Wildman–Crippen LogP) is 3.25. The lowest BCUT2D eigenvalue weighted by atomic mass is 10.2. The van der Waals surface area contributed by atoms with Gasteiger partial charge in [-0.1, -0.05) is 12.1 Å². The van der Waals surface area contributed by atoms with Gasteiger partial charge in [0.2, 0.25) is 5.95 Å². The van der Waals surface area contributed by atoms with Crippen molar-refractivity contribution >= 4 is 17.3 Å². The van der Waals surface area contributed by atoms with E-state index in [0.29, 0.717) is 5.95 Å². The first-order valence-corrected chi connectivity index (χ1v) is 7.29. The highest BCUT2D eigenvalue weighted by atomic mass is 32.1. The second-order valence-corrected chi connectivity index (χ2v) is 5.23. The Bertz CT molecular complexity index is 653. The van der Waals surface area contributed by atoms with Crippen LogP contribution in [0.25, 0.3) is 10.6 Å². The monoisotopic (exact) mass is 282 g/mol. The van der Waals surface area contributed by atoms with Crippen molar-refractivity contribution in [3.8, 4) is 10.6 Å². The molecule has 3 rings (SSSR count). The molecular formula is C15H14N4S. The summed E-state index contributed by atoms with van der Waals surface area (Å²) in [5, 5.41) is 5.30.